The number of pyridine rings is 1. The van der Waals surface area contributed by atoms with E-state index in [0.29, 0.717) is 0 Å². The second kappa shape index (κ2) is 7.42. The molecule has 3 rings (SSSR count). The molecule has 3 aromatic rings. The van der Waals surface area contributed by atoms with Gasteiger partial charge in [0.15, 0.2) is 0 Å². The van der Waals surface area contributed by atoms with Crippen LogP contribution in [0.25, 0.3) is 22.9 Å². The summed E-state index contributed by atoms with van der Waals surface area (Å²) in [5, 5.41) is 2.36. The van der Waals surface area contributed by atoms with E-state index in [-0.39, 0.29) is 0 Å². The van der Waals surface area contributed by atoms with Crippen LogP contribution in [0.3, 0.4) is 0 Å². The topological polar surface area (TPSA) is 22.1 Å². The molecule has 3 heteroatoms. The molecule has 0 fully saturated rings. The van der Waals surface area contributed by atoms with E-state index in [9.17, 15) is 0 Å². The van der Waals surface area contributed by atoms with Crippen LogP contribution in [0.15, 0.2) is 59.3 Å². The van der Waals surface area contributed by atoms with Crippen molar-refractivity contribution in [3.8, 4) is 5.75 Å². The predicted octanol–water partition coefficient (Wildman–Crippen LogP) is 5.96. The quantitative estimate of drug-likeness (QED) is 0.555. The van der Waals surface area contributed by atoms with E-state index >= 15 is 0 Å². The average Bonchev–Trinajstić information content (AvgIpc) is 2.60. The largest absolute Gasteiger partial charge is 0.492 e. The van der Waals surface area contributed by atoms with Crippen molar-refractivity contribution in [2.24, 2.45) is 0 Å². The highest BCUT2D eigenvalue weighted by Gasteiger charge is 2.06. The lowest BCUT2D eigenvalue weighted by atomic mass is 10.1. The van der Waals surface area contributed by atoms with Crippen molar-refractivity contribution in [2.75, 3.05) is 6.61 Å². The van der Waals surface area contributed by atoms with Gasteiger partial charge in [-0.05, 0) is 68.5 Å². The summed E-state index contributed by atoms with van der Waals surface area (Å²) in [7, 11) is 0. The Labute approximate surface area is 145 Å². The summed E-state index contributed by atoms with van der Waals surface area (Å²) < 4.78 is 6.78. The van der Waals surface area contributed by atoms with Crippen LogP contribution < -0.4 is 4.74 Å². The highest BCUT2D eigenvalue weighted by molar-refractivity contribution is 9.10. The Morgan fingerprint density at radius 2 is 1.78 bits per heavy atom. The lowest BCUT2D eigenvalue weighted by Gasteiger charge is -2.10. The van der Waals surface area contributed by atoms with Gasteiger partial charge in [-0.2, -0.15) is 0 Å². The van der Waals surface area contributed by atoms with Gasteiger partial charge in [-0.15, -0.1) is 0 Å². The molecule has 0 saturated carbocycles. The fraction of sp³-hybridized carbons (Fsp3) is 0.150. The summed E-state index contributed by atoms with van der Waals surface area (Å²) in [6, 6.07) is 14.5. The van der Waals surface area contributed by atoms with Crippen LogP contribution in [-0.2, 0) is 0 Å². The molecule has 0 atom stereocenters. The number of nitrogens with zero attached hydrogens (tertiary/aromatic N) is 1. The summed E-state index contributed by atoms with van der Waals surface area (Å²) >= 11 is 3.66. The minimum Gasteiger partial charge on any atom is -0.492 e. The Morgan fingerprint density at radius 1 is 1.00 bits per heavy atom. The third-order valence-corrected chi connectivity index (χ3v) is 4.40. The Hall–Kier alpha value is -2.13. The third-order valence-electron chi connectivity index (χ3n) is 3.58. The van der Waals surface area contributed by atoms with Crippen molar-refractivity contribution in [3.05, 3.63) is 70.5 Å². The molecule has 0 amide bonds. The van der Waals surface area contributed by atoms with E-state index in [1.54, 1.807) is 12.4 Å². The van der Waals surface area contributed by atoms with Gasteiger partial charge in [-0.1, -0.05) is 37.3 Å². The molecule has 1 aromatic heterocycles. The van der Waals surface area contributed by atoms with Gasteiger partial charge in [0.25, 0.3) is 0 Å². The Morgan fingerprint density at radius 3 is 2.57 bits per heavy atom. The maximum atomic E-state index is 5.76. The summed E-state index contributed by atoms with van der Waals surface area (Å²) in [5.41, 5.74) is 2.31. The molecule has 116 valence electrons. The molecule has 0 unspecified atom stereocenters. The number of hydrogen-bond donors (Lipinski definition) is 0. The van der Waals surface area contributed by atoms with Crippen molar-refractivity contribution in [1.29, 1.82) is 0 Å². The second-order valence-electron chi connectivity index (χ2n) is 5.32. The number of ether oxygens (including phenoxy) is 1. The molecule has 0 radical (unpaired) electrons. The maximum absolute atomic E-state index is 5.76. The van der Waals surface area contributed by atoms with Crippen LogP contribution in [0.5, 0.6) is 5.75 Å². The standard InChI is InChI=1S/C20H18BrNO/c1-2-13-23-19-8-6-17-14-16(5-7-18(17)20(19)21)4-3-15-9-11-22-12-10-15/h3-12,14H,2,13H2,1H3/b4-3+. The van der Waals surface area contributed by atoms with Crippen molar-refractivity contribution in [3.63, 3.8) is 0 Å². The van der Waals surface area contributed by atoms with Crippen LogP contribution in [-0.4, -0.2) is 11.6 Å². The first-order chi connectivity index (χ1) is 11.3. The van der Waals surface area contributed by atoms with Gasteiger partial charge in [0.05, 0.1) is 11.1 Å². The highest BCUT2D eigenvalue weighted by Crippen LogP contribution is 2.34. The molecule has 2 nitrogen and oxygen atoms in total. The summed E-state index contributed by atoms with van der Waals surface area (Å²) in [5.74, 6) is 0.902. The van der Waals surface area contributed by atoms with Crippen molar-refractivity contribution in [1.82, 2.24) is 4.98 Å². The third kappa shape index (κ3) is 3.80. The van der Waals surface area contributed by atoms with Gasteiger partial charge in [0.1, 0.15) is 5.75 Å². The lowest BCUT2D eigenvalue weighted by molar-refractivity contribution is 0.316. The normalized spacial score (nSPS) is 11.2. The maximum Gasteiger partial charge on any atom is 0.134 e. The van der Waals surface area contributed by atoms with E-state index < -0.39 is 0 Å². The average molecular weight is 368 g/mol. The molecular weight excluding hydrogens is 350 g/mol. The zero-order chi connectivity index (χ0) is 16.1. The Bertz CT molecular complexity index is 828. The van der Waals surface area contributed by atoms with Gasteiger partial charge in [-0.25, -0.2) is 0 Å². The van der Waals surface area contributed by atoms with E-state index in [4.69, 9.17) is 4.74 Å². The number of rotatable bonds is 5. The highest BCUT2D eigenvalue weighted by atomic mass is 79.9. The zero-order valence-corrected chi connectivity index (χ0v) is 14.6. The van der Waals surface area contributed by atoms with E-state index in [2.05, 4.69) is 64.3 Å². The van der Waals surface area contributed by atoms with E-state index in [1.165, 1.54) is 16.3 Å². The minimum absolute atomic E-state index is 0.733. The van der Waals surface area contributed by atoms with Crippen LogP contribution in [0.1, 0.15) is 24.5 Å². The van der Waals surface area contributed by atoms with Crippen molar-refractivity contribution < 1.29 is 4.74 Å². The van der Waals surface area contributed by atoms with Gasteiger partial charge in [0, 0.05) is 12.4 Å². The van der Waals surface area contributed by atoms with Crippen LogP contribution in [0, 0.1) is 0 Å². The van der Waals surface area contributed by atoms with Crippen molar-refractivity contribution in [2.45, 2.75) is 13.3 Å². The summed E-state index contributed by atoms with van der Waals surface area (Å²) in [4.78, 5) is 4.03. The van der Waals surface area contributed by atoms with E-state index in [1.807, 2.05) is 18.2 Å². The number of benzene rings is 2. The summed E-state index contributed by atoms with van der Waals surface area (Å²) in [6.45, 7) is 2.84. The van der Waals surface area contributed by atoms with Gasteiger partial charge >= 0.3 is 0 Å². The molecule has 1 heterocycles. The van der Waals surface area contributed by atoms with Gasteiger partial charge < -0.3 is 4.74 Å². The Kier molecular flexibility index (Phi) is 5.09. The fourth-order valence-electron chi connectivity index (χ4n) is 2.38. The molecule has 23 heavy (non-hydrogen) atoms. The zero-order valence-electron chi connectivity index (χ0n) is 13.0. The molecule has 0 aliphatic carbocycles. The van der Waals surface area contributed by atoms with Gasteiger partial charge in [-0.3, -0.25) is 4.98 Å². The van der Waals surface area contributed by atoms with E-state index in [0.717, 1.165) is 28.8 Å². The number of fused-ring (bicyclic) bond motifs is 1. The van der Waals surface area contributed by atoms with Gasteiger partial charge in [0.2, 0.25) is 0 Å². The smallest absolute Gasteiger partial charge is 0.134 e. The molecule has 0 saturated heterocycles. The summed E-state index contributed by atoms with van der Waals surface area (Å²) in [6.07, 6.45) is 8.81. The lowest BCUT2D eigenvalue weighted by Crippen LogP contribution is -1.95. The molecule has 2 aromatic carbocycles. The molecule has 0 aliphatic rings. The predicted molar refractivity (Wildman–Crippen MR) is 101 cm³/mol. The van der Waals surface area contributed by atoms with Crippen LogP contribution in [0.2, 0.25) is 0 Å². The molecule has 0 bridgehead atoms. The molecule has 0 N–H and O–H groups in total. The molecule has 0 spiro atoms. The van der Waals surface area contributed by atoms with Crippen molar-refractivity contribution >= 4 is 38.9 Å². The van der Waals surface area contributed by atoms with Crippen LogP contribution in [0.4, 0.5) is 0 Å². The number of halogens is 1. The van der Waals surface area contributed by atoms with Crippen LogP contribution >= 0.6 is 15.9 Å². The Balaban J connectivity index is 1.89. The molecular formula is C20H18BrNO. The number of aromatic nitrogens is 1. The SMILES string of the molecule is CCCOc1ccc2cc(/C=C/c3ccncc3)ccc2c1Br. The minimum atomic E-state index is 0.733. The first-order valence-electron chi connectivity index (χ1n) is 7.71. The monoisotopic (exact) mass is 367 g/mol. The second-order valence-corrected chi connectivity index (χ2v) is 6.11. The molecule has 0 aliphatic heterocycles. The first-order valence-corrected chi connectivity index (χ1v) is 8.50. The fourth-order valence-corrected chi connectivity index (χ4v) is 2.99. The first kappa shape index (κ1) is 15.8. The number of hydrogen-bond acceptors (Lipinski definition) is 2.